The highest BCUT2D eigenvalue weighted by Gasteiger charge is 2.07. The Morgan fingerprint density at radius 1 is 1.05 bits per heavy atom. The minimum absolute atomic E-state index is 0.919. The standard InChI is InChI=1S/C17H18N2S/c1-12-8-9-15-16(13(12)2)19-17(20-15)18-11-10-14-6-4-3-5-7-14/h3-9H,10-11H2,1-2H3,(H,18,19). The molecule has 3 rings (SSSR count). The van der Waals surface area contributed by atoms with Gasteiger partial charge in [-0.15, -0.1) is 0 Å². The van der Waals surface area contributed by atoms with Crippen LogP contribution in [0.5, 0.6) is 0 Å². The molecule has 0 aliphatic carbocycles. The summed E-state index contributed by atoms with van der Waals surface area (Å²) in [5.41, 5.74) is 5.08. The molecule has 0 radical (unpaired) electrons. The fourth-order valence-corrected chi connectivity index (χ4v) is 3.21. The van der Waals surface area contributed by atoms with Crippen molar-refractivity contribution in [3.8, 4) is 0 Å². The van der Waals surface area contributed by atoms with E-state index in [1.165, 1.54) is 21.4 Å². The van der Waals surface area contributed by atoms with Crippen LogP contribution in [0.4, 0.5) is 5.13 Å². The molecule has 0 saturated heterocycles. The molecule has 1 N–H and O–H groups in total. The van der Waals surface area contributed by atoms with Crippen molar-refractivity contribution in [3.05, 3.63) is 59.2 Å². The highest BCUT2D eigenvalue weighted by molar-refractivity contribution is 7.22. The zero-order chi connectivity index (χ0) is 13.9. The van der Waals surface area contributed by atoms with Crippen LogP contribution in [0.3, 0.4) is 0 Å². The van der Waals surface area contributed by atoms with Gasteiger partial charge in [0.05, 0.1) is 10.2 Å². The minimum Gasteiger partial charge on any atom is -0.361 e. The van der Waals surface area contributed by atoms with Gasteiger partial charge >= 0.3 is 0 Å². The summed E-state index contributed by atoms with van der Waals surface area (Å²) in [7, 11) is 0. The maximum Gasteiger partial charge on any atom is 0.183 e. The van der Waals surface area contributed by atoms with E-state index in [-0.39, 0.29) is 0 Å². The summed E-state index contributed by atoms with van der Waals surface area (Å²) >= 11 is 1.73. The van der Waals surface area contributed by atoms with Gasteiger partial charge in [0.15, 0.2) is 5.13 Å². The Kier molecular flexibility index (Phi) is 3.70. The largest absolute Gasteiger partial charge is 0.361 e. The molecule has 0 amide bonds. The van der Waals surface area contributed by atoms with Crippen LogP contribution in [-0.2, 0) is 6.42 Å². The molecule has 0 unspecified atom stereocenters. The molecule has 1 heterocycles. The van der Waals surface area contributed by atoms with Crippen LogP contribution in [0.1, 0.15) is 16.7 Å². The van der Waals surface area contributed by atoms with Gasteiger partial charge in [-0.05, 0) is 43.0 Å². The molecule has 2 nitrogen and oxygen atoms in total. The zero-order valence-electron chi connectivity index (χ0n) is 11.8. The minimum atomic E-state index is 0.919. The van der Waals surface area contributed by atoms with Crippen molar-refractivity contribution in [3.63, 3.8) is 0 Å². The number of hydrogen-bond donors (Lipinski definition) is 1. The molecule has 2 aromatic carbocycles. The molecular formula is C17H18N2S. The van der Waals surface area contributed by atoms with Crippen LogP contribution in [0.15, 0.2) is 42.5 Å². The van der Waals surface area contributed by atoms with Gasteiger partial charge in [-0.25, -0.2) is 4.98 Å². The van der Waals surface area contributed by atoms with Crippen LogP contribution < -0.4 is 5.32 Å². The van der Waals surface area contributed by atoms with Gasteiger partial charge in [-0.1, -0.05) is 47.7 Å². The van der Waals surface area contributed by atoms with Gasteiger partial charge in [-0.2, -0.15) is 0 Å². The quantitative estimate of drug-likeness (QED) is 0.758. The molecule has 0 fully saturated rings. The highest BCUT2D eigenvalue weighted by Crippen LogP contribution is 2.29. The Balaban J connectivity index is 1.71. The van der Waals surface area contributed by atoms with Gasteiger partial charge in [0.2, 0.25) is 0 Å². The van der Waals surface area contributed by atoms with Crippen LogP contribution in [0.2, 0.25) is 0 Å². The van der Waals surface area contributed by atoms with Crippen LogP contribution in [-0.4, -0.2) is 11.5 Å². The summed E-state index contributed by atoms with van der Waals surface area (Å²) in [5.74, 6) is 0. The predicted octanol–water partition coefficient (Wildman–Crippen LogP) is 4.57. The summed E-state index contributed by atoms with van der Waals surface area (Å²) < 4.78 is 1.26. The molecule has 1 aromatic heterocycles. The van der Waals surface area contributed by atoms with Crippen molar-refractivity contribution in [2.75, 3.05) is 11.9 Å². The van der Waals surface area contributed by atoms with Crippen molar-refractivity contribution in [1.29, 1.82) is 0 Å². The molecule has 20 heavy (non-hydrogen) atoms. The van der Waals surface area contributed by atoms with Crippen molar-refractivity contribution in [2.45, 2.75) is 20.3 Å². The van der Waals surface area contributed by atoms with Crippen LogP contribution >= 0.6 is 11.3 Å². The normalized spacial score (nSPS) is 10.9. The topological polar surface area (TPSA) is 24.9 Å². The first-order valence-corrected chi connectivity index (χ1v) is 7.70. The van der Waals surface area contributed by atoms with Crippen molar-refractivity contribution < 1.29 is 0 Å². The predicted molar refractivity (Wildman–Crippen MR) is 87.7 cm³/mol. The molecule has 102 valence electrons. The van der Waals surface area contributed by atoms with E-state index in [0.717, 1.165) is 23.6 Å². The molecule has 0 bridgehead atoms. The lowest BCUT2D eigenvalue weighted by Crippen LogP contribution is -2.04. The summed E-state index contributed by atoms with van der Waals surface area (Å²) in [6.07, 6.45) is 1.02. The SMILES string of the molecule is Cc1ccc2sc(NCCc3ccccc3)nc2c1C. The first-order valence-electron chi connectivity index (χ1n) is 6.88. The summed E-state index contributed by atoms with van der Waals surface area (Å²) in [4.78, 5) is 4.71. The smallest absolute Gasteiger partial charge is 0.183 e. The summed E-state index contributed by atoms with van der Waals surface area (Å²) in [5, 5.41) is 4.45. The Morgan fingerprint density at radius 2 is 1.85 bits per heavy atom. The van der Waals surface area contributed by atoms with Gasteiger partial charge in [0, 0.05) is 6.54 Å². The summed E-state index contributed by atoms with van der Waals surface area (Å²) in [6, 6.07) is 14.9. The van der Waals surface area contributed by atoms with Crippen molar-refractivity contribution in [1.82, 2.24) is 4.98 Å². The second-order valence-electron chi connectivity index (χ2n) is 5.04. The van der Waals surface area contributed by atoms with Crippen molar-refractivity contribution >= 4 is 26.7 Å². The van der Waals surface area contributed by atoms with Crippen molar-refractivity contribution in [2.24, 2.45) is 0 Å². The Bertz CT molecular complexity index is 716. The number of hydrogen-bond acceptors (Lipinski definition) is 3. The lowest BCUT2D eigenvalue weighted by atomic mass is 10.1. The third-order valence-corrected chi connectivity index (χ3v) is 4.60. The first kappa shape index (κ1) is 13.1. The second-order valence-corrected chi connectivity index (χ2v) is 6.07. The maximum atomic E-state index is 4.71. The molecule has 3 heteroatoms. The number of nitrogens with one attached hydrogen (secondary N) is 1. The van der Waals surface area contributed by atoms with Crippen LogP contribution in [0, 0.1) is 13.8 Å². The molecular weight excluding hydrogens is 264 g/mol. The van der Waals surface area contributed by atoms with E-state index >= 15 is 0 Å². The Labute approximate surface area is 123 Å². The average Bonchev–Trinajstić information content (AvgIpc) is 2.88. The first-order chi connectivity index (χ1) is 9.74. The number of aromatic nitrogens is 1. The number of fused-ring (bicyclic) bond motifs is 1. The van der Waals surface area contributed by atoms with E-state index in [4.69, 9.17) is 4.98 Å². The summed E-state index contributed by atoms with van der Waals surface area (Å²) in [6.45, 7) is 5.20. The molecule has 0 atom stereocenters. The Hall–Kier alpha value is -1.87. The van der Waals surface area contributed by atoms with E-state index in [2.05, 4.69) is 61.6 Å². The van der Waals surface area contributed by atoms with E-state index in [9.17, 15) is 0 Å². The number of rotatable bonds is 4. The number of aryl methyl sites for hydroxylation is 2. The lowest BCUT2D eigenvalue weighted by molar-refractivity contribution is 1.02. The third kappa shape index (κ3) is 2.68. The zero-order valence-corrected chi connectivity index (χ0v) is 12.6. The van der Waals surface area contributed by atoms with E-state index in [1.807, 2.05) is 0 Å². The van der Waals surface area contributed by atoms with Crippen LogP contribution in [0.25, 0.3) is 10.2 Å². The van der Waals surface area contributed by atoms with E-state index in [1.54, 1.807) is 11.3 Å². The number of nitrogens with zero attached hydrogens (tertiary/aromatic N) is 1. The van der Waals surface area contributed by atoms with Gasteiger partial charge in [0.1, 0.15) is 0 Å². The van der Waals surface area contributed by atoms with Gasteiger partial charge in [-0.3, -0.25) is 0 Å². The molecule has 0 saturated carbocycles. The van der Waals surface area contributed by atoms with Gasteiger partial charge < -0.3 is 5.32 Å². The van der Waals surface area contributed by atoms with Gasteiger partial charge in [0.25, 0.3) is 0 Å². The fourth-order valence-electron chi connectivity index (χ4n) is 2.26. The average molecular weight is 282 g/mol. The van der Waals surface area contributed by atoms with E-state index < -0.39 is 0 Å². The van der Waals surface area contributed by atoms with E-state index in [0.29, 0.717) is 0 Å². The number of benzene rings is 2. The molecule has 0 spiro atoms. The third-order valence-electron chi connectivity index (χ3n) is 3.62. The highest BCUT2D eigenvalue weighted by atomic mass is 32.1. The maximum absolute atomic E-state index is 4.71. The monoisotopic (exact) mass is 282 g/mol. The molecule has 0 aliphatic rings. The Morgan fingerprint density at radius 3 is 2.65 bits per heavy atom. The number of thiazole rings is 1. The fraction of sp³-hybridized carbons (Fsp3) is 0.235. The number of anilines is 1. The molecule has 0 aliphatic heterocycles. The second kappa shape index (κ2) is 5.63. The molecule has 3 aromatic rings. The lowest BCUT2D eigenvalue weighted by Gasteiger charge is -2.02.